The number of hydrogen-bond acceptors (Lipinski definition) is 6. The lowest BCUT2D eigenvalue weighted by atomic mass is 9.99. The molecule has 8 nitrogen and oxygen atoms in total. The Labute approximate surface area is 231 Å². The number of carbonyl (C=O) groups excluding carboxylic acids is 2. The topological polar surface area (TPSA) is 69.2 Å². The zero-order valence-corrected chi connectivity index (χ0v) is 23.3. The maximum absolute atomic E-state index is 15.0. The van der Waals surface area contributed by atoms with E-state index in [0.717, 1.165) is 18.6 Å². The predicted octanol–water partition coefficient (Wildman–Crippen LogP) is 3.83. The van der Waals surface area contributed by atoms with E-state index >= 15 is 8.78 Å². The van der Waals surface area contributed by atoms with Crippen LogP contribution in [0.1, 0.15) is 30.6 Å². The summed E-state index contributed by atoms with van der Waals surface area (Å²) in [5.74, 6) is -1.89. The van der Waals surface area contributed by atoms with Gasteiger partial charge in [0, 0.05) is 37.8 Å². The van der Waals surface area contributed by atoms with Gasteiger partial charge in [0.1, 0.15) is 40.3 Å². The summed E-state index contributed by atoms with van der Waals surface area (Å²) < 4.78 is 36.2. The summed E-state index contributed by atoms with van der Waals surface area (Å²) in [6.45, 7) is 9.14. The van der Waals surface area contributed by atoms with Gasteiger partial charge in [-0.25, -0.2) is 13.8 Å². The van der Waals surface area contributed by atoms with Crippen molar-refractivity contribution >= 4 is 29.2 Å². The molecule has 5 rings (SSSR count). The first kappa shape index (κ1) is 27.3. The fourth-order valence-electron chi connectivity index (χ4n) is 5.79. The standard InChI is InChI=1S/C28H32ClF2N5O3/c1-6-20(37)34-10-11-35-17(13-34)15-39-25-22(27(35)38)26(36-14-16(33(4)5)12-28(36,2)3)32-24(23(25)29)21-18(30)8-7-9-19(21)31/h6-9,16-17H,1,10-15H2,2-5H3/t16?,17-/m1/s1. The van der Waals surface area contributed by atoms with Crippen LogP contribution in [0, 0.1) is 11.6 Å². The largest absolute Gasteiger partial charge is 0.489 e. The van der Waals surface area contributed by atoms with Crippen molar-refractivity contribution in [1.29, 1.82) is 0 Å². The predicted molar refractivity (Wildman–Crippen MR) is 145 cm³/mol. The van der Waals surface area contributed by atoms with E-state index in [-0.39, 0.29) is 71.0 Å². The fraction of sp³-hybridized carbons (Fsp3) is 0.464. The number of nitrogens with zero attached hydrogens (tertiary/aromatic N) is 5. The Bertz CT molecular complexity index is 1330. The summed E-state index contributed by atoms with van der Waals surface area (Å²) in [4.78, 5) is 38.6. The van der Waals surface area contributed by atoms with E-state index < -0.39 is 23.2 Å². The molecule has 1 aromatic heterocycles. The maximum Gasteiger partial charge on any atom is 0.261 e. The van der Waals surface area contributed by atoms with E-state index in [0.29, 0.717) is 13.1 Å². The van der Waals surface area contributed by atoms with Crippen LogP contribution >= 0.6 is 11.6 Å². The monoisotopic (exact) mass is 559 g/mol. The third-order valence-corrected chi connectivity index (χ3v) is 8.33. The SMILES string of the molecule is C=CC(=O)N1CCN2C(=O)c3c(N4CC(N(C)C)CC4(C)C)nc(-c4c(F)cccc4F)c(Cl)c3OC[C@H]2C1. The highest BCUT2D eigenvalue weighted by atomic mass is 35.5. The average Bonchev–Trinajstić information content (AvgIpc) is 3.14. The van der Waals surface area contributed by atoms with E-state index in [1.165, 1.54) is 12.1 Å². The molecule has 2 saturated heterocycles. The molecule has 0 saturated carbocycles. The molecule has 39 heavy (non-hydrogen) atoms. The molecule has 0 bridgehead atoms. The van der Waals surface area contributed by atoms with E-state index in [1.807, 2.05) is 32.8 Å². The third-order valence-electron chi connectivity index (χ3n) is 7.98. The molecule has 1 aromatic carbocycles. The molecule has 0 aliphatic carbocycles. The van der Waals surface area contributed by atoms with Crippen LogP contribution in [0.2, 0.25) is 5.02 Å². The van der Waals surface area contributed by atoms with Crippen molar-refractivity contribution in [3.8, 4) is 17.0 Å². The van der Waals surface area contributed by atoms with Crippen molar-refractivity contribution in [3.05, 3.63) is 53.1 Å². The smallest absolute Gasteiger partial charge is 0.261 e. The number of halogens is 3. The summed E-state index contributed by atoms with van der Waals surface area (Å²) in [6.07, 6.45) is 2.02. The first-order chi connectivity index (χ1) is 18.4. The molecule has 4 heterocycles. The quantitative estimate of drug-likeness (QED) is 0.531. The highest BCUT2D eigenvalue weighted by Gasteiger charge is 2.46. The number of piperazine rings is 1. The highest BCUT2D eigenvalue weighted by molar-refractivity contribution is 6.35. The molecular weight excluding hydrogens is 528 g/mol. The molecule has 2 amide bonds. The molecule has 3 aliphatic rings. The molecule has 2 atom stereocenters. The lowest BCUT2D eigenvalue weighted by Gasteiger charge is -2.40. The number of pyridine rings is 1. The molecule has 208 valence electrons. The zero-order valence-electron chi connectivity index (χ0n) is 22.5. The van der Waals surface area contributed by atoms with E-state index in [1.54, 1.807) is 9.80 Å². The van der Waals surface area contributed by atoms with Crippen molar-refractivity contribution in [2.75, 3.05) is 51.8 Å². The van der Waals surface area contributed by atoms with Crippen molar-refractivity contribution in [1.82, 2.24) is 19.7 Å². The number of anilines is 1. The van der Waals surface area contributed by atoms with Crippen LogP contribution in [-0.4, -0.2) is 96.0 Å². The number of ether oxygens (including phenoxy) is 1. The normalized spacial score (nSPS) is 22.4. The second-order valence-corrected chi connectivity index (χ2v) is 11.5. The van der Waals surface area contributed by atoms with E-state index in [9.17, 15) is 9.59 Å². The van der Waals surface area contributed by atoms with Crippen LogP contribution in [0.25, 0.3) is 11.3 Å². The Balaban J connectivity index is 1.70. The Morgan fingerprint density at radius 1 is 1.21 bits per heavy atom. The Hall–Kier alpha value is -3.24. The number of rotatable bonds is 4. The number of amides is 2. The van der Waals surface area contributed by atoms with Gasteiger partial charge in [0.05, 0.1) is 11.6 Å². The zero-order chi connectivity index (χ0) is 28.2. The van der Waals surface area contributed by atoms with Gasteiger partial charge in [-0.1, -0.05) is 24.2 Å². The van der Waals surface area contributed by atoms with Gasteiger partial charge in [-0.15, -0.1) is 0 Å². The van der Waals surface area contributed by atoms with Gasteiger partial charge in [0.15, 0.2) is 5.75 Å². The number of likely N-dealkylation sites (N-methyl/N-ethyl adjacent to an activating group) is 1. The lowest BCUT2D eigenvalue weighted by molar-refractivity contribution is -0.128. The Morgan fingerprint density at radius 2 is 1.90 bits per heavy atom. The minimum Gasteiger partial charge on any atom is -0.489 e. The number of hydrogen-bond donors (Lipinski definition) is 0. The van der Waals surface area contributed by atoms with Gasteiger partial charge in [0.25, 0.3) is 5.91 Å². The molecule has 0 spiro atoms. The van der Waals surface area contributed by atoms with Crippen LogP contribution in [0.15, 0.2) is 30.9 Å². The first-order valence-corrected chi connectivity index (χ1v) is 13.3. The van der Waals surface area contributed by atoms with Crippen molar-refractivity contribution < 1.29 is 23.1 Å². The minimum atomic E-state index is -0.821. The highest BCUT2D eigenvalue weighted by Crippen LogP contribution is 2.47. The fourth-order valence-corrected chi connectivity index (χ4v) is 6.07. The van der Waals surface area contributed by atoms with Crippen molar-refractivity contribution in [2.45, 2.75) is 37.9 Å². The second-order valence-electron chi connectivity index (χ2n) is 11.1. The molecule has 11 heteroatoms. The molecule has 0 N–H and O–H groups in total. The number of fused-ring (bicyclic) bond motifs is 2. The van der Waals surface area contributed by atoms with E-state index in [4.69, 9.17) is 21.3 Å². The maximum atomic E-state index is 15.0. The Kier molecular flexibility index (Phi) is 7.05. The van der Waals surface area contributed by atoms with E-state index in [2.05, 4.69) is 11.5 Å². The number of aromatic nitrogens is 1. The van der Waals surface area contributed by atoms with Crippen LogP contribution in [0.4, 0.5) is 14.6 Å². The third kappa shape index (κ3) is 4.63. The van der Waals surface area contributed by atoms with Crippen LogP contribution in [0.5, 0.6) is 5.75 Å². The lowest BCUT2D eigenvalue weighted by Crippen LogP contribution is -2.57. The van der Waals surface area contributed by atoms with Gasteiger partial charge >= 0.3 is 0 Å². The van der Waals surface area contributed by atoms with Gasteiger partial charge in [-0.3, -0.25) is 9.59 Å². The van der Waals surface area contributed by atoms with Crippen molar-refractivity contribution in [2.24, 2.45) is 0 Å². The first-order valence-electron chi connectivity index (χ1n) is 12.9. The van der Waals surface area contributed by atoms with Crippen LogP contribution in [-0.2, 0) is 4.79 Å². The summed E-state index contributed by atoms with van der Waals surface area (Å²) in [5.41, 5.74) is -0.774. The average molecular weight is 560 g/mol. The molecule has 0 radical (unpaired) electrons. The van der Waals surface area contributed by atoms with Gasteiger partial charge in [-0.2, -0.15) is 0 Å². The molecular formula is C28H32ClF2N5O3. The molecule has 2 fully saturated rings. The van der Waals surface area contributed by atoms with Crippen LogP contribution in [0.3, 0.4) is 0 Å². The van der Waals surface area contributed by atoms with Gasteiger partial charge in [-0.05, 0) is 52.6 Å². The summed E-state index contributed by atoms with van der Waals surface area (Å²) in [5, 5.41) is -0.133. The minimum absolute atomic E-state index is 0.0458. The molecule has 2 aromatic rings. The summed E-state index contributed by atoms with van der Waals surface area (Å²) >= 11 is 6.77. The number of carbonyl (C=O) groups is 2. The van der Waals surface area contributed by atoms with Crippen molar-refractivity contribution in [3.63, 3.8) is 0 Å². The second kappa shape index (κ2) is 10.1. The Morgan fingerprint density at radius 3 is 2.51 bits per heavy atom. The van der Waals surface area contributed by atoms with Gasteiger partial charge in [0.2, 0.25) is 5.91 Å². The summed E-state index contributed by atoms with van der Waals surface area (Å²) in [7, 11) is 3.98. The summed E-state index contributed by atoms with van der Waals surface area (Å²) in [6, 6.07) is 3.26. The van der Waals surface area contributed by atoms with Gasteiger partial charge < -0.3 is 24.3 Å². The molecule has 1 unspecified atom stereocenters. The van der Waals surface area contributed by atoms with Crippen LogP contribution < -0.4 is 9.64 Å². The number of benzene rings is 1. The molecule has 3 aliphatic heterocycles.